The van der Waals surface area contributed by atoms with Crippen LogP contribution < -0.4 is 0 Å². The van der Waals surface area contributed by atoms with Crippen molar-refractivity contribution in [1.82, 2.24) is 29.9 Å². The molecule has 1 aliphatic carbocycles. The van der Waals surface area contributed by atoms with E-state index >= 15 is 0 Å². The molecule has 0 radical (unpaired) electrons. The number of aryl methyl sites for hydroxylation is 4. The number of nitrogens with zero attached hydrogens (tertiary/aromatic N) is 6. The SMILES string of the molecule is Cc1ccc(-c2nc(-c3ccc(C)cc3)nc(-c3cccc(-c4ccc5c(c4)-c4cc(-c6cccc(-c7nc(-c8ccc(C)cc8)nc(-c8ccc(C)cc8)n7)c6)ccc4C5(C)C)c3)n2)cc1. The maximum absolute atomic E-state index is 5.06. The summed E-state index contributed by atoms with van der Waals surface area (Å²) in [6.45, 7) is 13.0. The zero-order chi connectivity index (χ0) is 45.8. The predicted octanol–water partition coefficient (Wildman–Crippen LogP) is 14.9. The highest BCUT2D eigenvalue weighted by atomic mass is 15.0. The summed E-state index contributed by atoms with van der Waals surface area (Å²) in [4.78, 5) is 30.2. The van der Waals surface area contributed by atoms with E-state index in [2.05, 4.69) is 224 Å². The summed E-state index contributed by atoms with van der Waals surface area (Å²) in [7, 11) is 0. The molecule has 10 aromatic rings. The Kier molecular flexibility index (Phi) is 10.3. The molecule has 322 valence electrons. The quantitative estimate of drug-likeness (QED) is 0.151. The number of hydrogen-bond acceptors (Lipinski definition) is 6. The van der Waals surface area contributed by atoms with Crippen molar-refractivity contribution < 1.29 is 0 Å². The van der Waals surface area contributed by atoms with Crippen LogP contribution in [0.2, 0.25) is 0 Å². The smallest absolute Gasteiger partial charge is 0.164 e. The minimum absolute atomic E-state index is 0.168. The van der Waals surface area contributed by atoms with E-state index in [0.29, 0.717) is 34.9 Å². The number of fused-ring (bicyclic) bond motifs is 3. The van der Waals surface area contributed by atoms with Crippen molar-refractivity contribution in [3.63, 3.8) is 0 Å². The van der Waals surface area contributed by atoms with E-state index in [9.17, 15) is 0 Å². The summed E-state index contributed by atoms with van der Waals surface area (Å²) >= 11 is 0. The van der Waals surface area contributed by atoms with Gasteiger partial charge >= 0.3 is 0 Å². The lowest BCUT2D eigenvalue weighted by Gasteiger charge is -2.21. The second-order valence-electron chi connectivity index (χ2n) is 18.4. The molecule has 0 N–H and O–H groups in total. The minimum atomic E-state index is -0.168. The summed E-state index contributed by atoms with van der Waals surface area (Å²) in [6, 6.07) is 64.4. The molecule has 1 aliphatic rings. The van der Waals surface area contributed by atoms with E-state index in [0.717, 1.165) is 55.6 Å². The molecular weight excluding hydrogens is 817 g/mol. The van der Waals surface area contributed by atoms with Crippen molar-refractivity contribution >= 4 is 0 Å². The van der Waals surface area contributed by atoms with Crippen LogP contribution in [0.15, 0.2) is 182 Å². The molecule has 8 aromatic carbocycles. The van der Waals surface area contributed by atoms with Gasteiger partial charge in [0.15, 0.2) is 34.9 Å². The molecule has 0 saturated carbocycles. The van der Waals surface area contributed by atoms with Gasteiger partial charge in [-0.1, -0.05) is 194 Å². The molecule has 0 fully saturated rings. The van der Waals surface area contributed by atoms with Gasteiger partial charge in [0.2, 0.25) is 0 Å². The second kappa shape index (κ2) is 16.6. The molecule has 0 aliphatic heterocycles. The summed E-state index contributed by atoms with van der Waals surface area (Å²) in [6.07, 6.45) is 0. The van der Waals surface area contributed by atoms with Crippen LogP contribution in [0, 0.1) is 27.7 Å². The molecular formula is C61H48N6. The van der Waals surface area contributed by atoms with Gasteiger partial charge in [-0.15, -0.1) is 0 Å². The molecule has 0 spiro atoms. The fourth-order valence-electron chi connectivity index (χ4n) is 9.14. The molecule has 6 nitrogen and oxygen atoms in total. The maximum atomic E-state index is 5.06. The van der Waals surface area contributed by atoms with Crippen molar-refractivity contribution in [3.8, 4) is 102 Å². The lowest BCUT2D eigenvalue weighted by molar-refractivity contribution is 0.660. The van der Waals surface area contributed by atoms with Crippen molar-refractivity contribution in [2.24, 2.45) is 0 Å². The van der Waals surface area contributed by atoms with E-state index in [1.807, 2.05) is 0 Å². The maximum Gasteiger partial charge on any atom is 0.164 e. The molecule has 0 saturated heterocycles. The molecule has 2 heterocycles. The van der Waals surface area contributed by atoms with Crippen LogP contribution in [-0.2, 0) is 5.41 Å². The van der Waals surface area contributed by atoms with E-state index in [-0.39, 0.29) is 5.41 Å². The molecule has 0 amide bonds. The van der Waals surface area contributed by atoms with Gasteiger partial charge in [0.25, 0.3) is 0 Å². The number of rotatable bonds is 8. The molecule has 0 atom stereocenters. The third-order valence-corrected chi connectivity index (χ3v) is 13.1. The van der Waals surface area contributed by atoms with Crippen LogP contribution in [0.4, 0.5) is 0 Å². The van der Waals surface area contributed by atoms with Gasteiger partial charge in [-0.25, -0.2) is 29.9 Å². The number of hydrogen-bond donors (Lipinski definition) is 0. The van der Waals surface area contributed by atoms with Gasteiger partial charge in [-0.05, 0) is 96.5 Å². The first-order valence-corrected chi connectivity index (χ1v) is 22.8. The Bertz CT molecular complexity index is 3140. The van der Waals surface area contributed by atoms with Crippen LogP contribution in [0.5, 0.6) is 0 Å². The minimum Gasteiger partial charge on any atom is -0.208 e. The average Bonchev–Trinajstić information content (AvgIpc) is 3.59. The van der Waals surface area contributed by atoms with E-state index in [1.165, 1.54) is 44.5 Å². The highest BCUT2D eigenvalue weighted by Gasteiger charge is 2.35. The van der Waals surface area contributed by atoms with Gasteiger partial charge in [0.1, 0.15) is 0 Å². The summed E-state index contributed by atoms with van der Waals surface area (Å²) in [5.41, 5.74) is 19.8. The Morgan fingerprint density at radius 2 is 0.493 bits per heavy atom. The highest BCUT2D eigenvalue weighted by Crippen LogP contribution is 2.51. The zero-order valence-corrected chi connectivity index (χ0v) is 38.5. The Morgan fingerprint density at radius 1 is 0.254 bits per heavy atom. The van der Waals surface area contributed by atoms with Crippen LogP contribution in [0.3, 0.4) is 0 Å². The molecule has 2 aromatic heterocycles. The normalized spacial score (nSPS) is 12.4. The average molecular weight is 865 g/mol. The molecule has 11 rings (SSSR count). The summed E-state index contributed by atoms with van der Waals surface area (Å²) in [5, 5.41) is 0. The Labute approximate surface area is 392 Å². The third kappa shape index (κ3) is 8.01. The Hall–Kier alpha value is -8.22. The van der Waals surface area contributed by atoms with Crippen LogP contribution >= 0.6 is 0 Å². The predicted molar refractivity (Wildman–Crippen MR) is 273 cm³/mol. The number of aromatic nitrogens is 6. The topological polar surface area (TPSA) is 77.3 Å². The van der Waals surface area contributed by atoms with Crippen LogP contribution in [0.25, 0.3) is 102 Å². The Balaban J connectivity index is 0.961. The molecule has 67 heavy (non-hydrogen) atoms. The van der Waals surface area contributed by atoms with Crippen LogP contribution in [0.1, 0.15) is 47.2 Å². The van der Waals surface area contributed by atoms with Gasteiger partial charge in [0.05, 0.1) is 0 Å². The van der Waals surface area contributed by atoms with Crippen molar-refractivity contribution in [3.05, 3.63) is 215 Å². The standard InChI is InChI=1S/C61H48N6/c1-37-13-21-41(22-14-37)55-62-56(42-23-15-38(2)16-24-42)65-59(64-55)49-11-7-9-45(33-49)47-29-31-53-51(35-47)52-36-48(30-32-54(52)61(53,5)6)46-10-8-12-50(34-46)60-66-57(43-25-17-39(3)18-26-43)63-58(67-60)44-27-19-40(4)20-28-44/h7-36H,1-6H3. The number of benzene rings is 8. The molecule has 6 heteroatoms. The van der Waals surface area contributed by atoms with Gasteiger partial charge in [-0.2, -0.15) is 0 Å². The Morgan fingerprint density at radius 3 is 0.791 bits per heavy atom. The third-order valence-electron chi connectivity index (χ3n) is 13.1. The van der Waals surface area contributed by atoms with Gasteiger partial charge < -0.3 is 0 Å². The van der Waals surface area contributed by atoms with E-state index in [4.69, 9.17) is 29.9 Å². The second-order valence-corrected chi connectivity index (χ2v) is 18.4. The summed E-state index contributed by atoms with van der Waals surface area (Å²) < 4.78 is 0. The highest BCUT2D eigenvalue weighted by molar-refractivity contribution is 5.88. The lowest BCUT2D eigenvalue weighted by Crippen LogP contribution is -2.14. The van der Waals surface area contributed by atoms with E-state index in [1.54, 1.807) is 0 Å². The first-order chi connectivity index (χ1) is 32.5. The van der Waals surface area contributed by atoms with Crippen molar-refractivity contribution in [2.75, 3.05) is 0 Å². The zero-order valence-electron chi connectivity index (χ0n) is 38.5. The largest absolute Gasteiger partial charge is 0.208 e. The summed E-state index contributed by atoms with van der Waals surface area (Å²) in [5.74, 6) is 3.87. The van der Waals surface area contributed by atoms with Crippen LogP contribution in [-0.4, -0.2) is 29.9 Å². The van der Waals surface area contributed by atoms with Crippen molar-refractivity contribution in [1.29, 1.82) is 0 Å². The lowest BCUT2D eigenvalue weighted by atomic mass is 9.82. The van der Waals surface area contributed by atoms with Gasteiger partial charge in [-0.3, -0.25) is 0 Å². The van der Waals surface area contributed by atoms with Crippen molar-refractivity contribution in [2.45, 2.75) is 47.0 Å². The molecule has 0 unspecified atom stereocenters. The van der Waals surface area contributed by atoms with Gasteiger partial charge in [0, 0.05) is 38.8 Å². The fraction of sp³-hybridized carbons (Fsp3) is 0.115. The van der Waals surface area contributed by atoms with E-state index < -0.39 is 0 Å². The monoisotopic (exact) mass is 864 g/mol. The first kappa shape index (κ1) is 41.5. The first-order valence-electron chi connectivity index (χ1n) is 22.8. The molecule has 0 bridgehead atoms. The fourth-order valence-corrected chi connectivity index (χ4v) is 9.14.